The minimum absolute atomic E-state index is 0.411. The first-order valence-corrected chi connectivity index (χ1v) is 6.13. The minimum atomic E-state index is 0.411. The van der Waals surface area contributed by atoms with E-state index in [1.165, 1.54) is 5.56 Å². The first-order valence-electron chi connectivity index (χ1n) is 5.75. The lowest BCUT2D eigenvalue weighted by molar-refractivity contribution is 0.193. The van der Waals surface area contributed by atoms with Crippen LogP contribution in [0.15, 0.2) is 24.3 Å². The smallest absolute Gasteiger partial charge is 0.0474 e. The van der Waals surface area contributed by atoms with Crippen LogP contribution in [0.1, 0.15) is 31.4 Å². The number of benzene rings is 1. The number of methoxy groups -OCH3 is 1. The highest BCUT2D eigenvalue weighted by atomic mass is 35.5. The van der Waals surface area contributed by atoms with Crippen molar-refractivity contribution in [2.24, 2.45) is 0 Å². The van der Waals surface area contributed by atoms with E-state index in [0.717, 1.165) is 31.0 Å². The molecule has 1 unspecified atom stereocenters. The van der Waals surface area contributed by atoms with Gasteiger partial charge in [0.15, 0.2) is 0 Å². The molecule has 0 spiro atoms. The highest BCUT2D eigenvalue weighted by Gasteiger charge is 2.07. The Morgan fingerprint density at radius 3 is 2.56 bits per heavy atom. The van der Waals surface area contributed by atoms with E-state index in [4.69, 9.17) is 16.3 Å². The van der Waals surface area contributed by atoms with Gasteiger partial charge in [0.05, 0.1) is 0 Å². The number of hydrogen-bond acceptors (Lipinski definition) is 2. The van der Waals surface area contributed by atoms with Crippen LogP contribution in [0.3, 0.4) is 0 Å². The Morgan fingerprint density at radius 1 is 1.31 bits per heavy atom. The van der Waals surface area contributed by atoms with Crippen LogP contribution < -0.4 is 5.32 Å². The second-order valence-electron chi connectivity index (χ2n) is 3.81. The molecule has 0 aliphatic rings. The van der Waals surface area contributed by atoms with Crippen LogP contribution in [0.2, 0.25) is 5.02 Å². The summed E-state index contributed by atoms with van der Waals surface area (Å²) in [6.45, 7) is 3.97. The third-order valence-corrected chi connectivity index (χ3v) is 2.85. The topological polar surface area (TPSA) is 21.3 Å². The molecule has 1 rings (SSSR count). The molecular weight excluding hydrogens is 222 g/mol. The van der Waals surface area contributed by atoms with Gasteiger partial charge < -0.3 is 10.1 Å². The van der Waals surface area contributed by atoms with E-state index in [1.807, 2.05) is 12.1 Å². The summed E-state index contributed by atoms with van der Waals surface area (Å²) < 4.78 is 5.02. The van der Waals surface area contributed by atoms with Crippen molar-refractivity contribution in [3.8, 4) is 0 Å². The fraction of sp³-hybridized carbons (Fsp3) is 0.538. The van der Waals surface area contributed by atoms with Crippen molar-refractivity contribution in [1.82, 2.24) is 5.32 Å². The molecule has 0 radical (unpaired) electrons. The molecule has 2 nitrogen and oxygen atoms in total. The molecular formula is C13H20ClNO. The maximum Gasteiger partial charge on any atom is 0.0474 e. The van der Waals surface area contributed by atoms with Crippen molar-refractivity contribution in [1.29, 1.82) is 0 Å². The largest absolute Gasteiger partial charge is 0.385 e. The molecule has 1 aromatic rings. The first kappa shape index (κ1) is 13.5. The molecule has 0 aliphatic heterocycles. The normalized spacial score (nSPS) is 12.7. The average molecular weight is 242 g/mol. The van der Waals surface area contributed by atoms with E-state index in [0.29, 0.717) is 6.04 Å². The second-order valence-corrected chi connectivity index (χ2v) is 4.25. The molecule has 0 heterocycles. The van der Waals surface area contributed by atoms with Gasteiger partial charge in [-0.25, -0.2) is 0 Å². The van der Waals surface area contributed by atoms with Gasteiger partial charge in [0.25, 0.3) is 0 Å². The van der Waals surface area contributed by atoms with Gasteiger partial charge in [-0.2, -0.15) is 0 Å². The van der Waals surface area contributed by atoms with E-state index in [2.05, 4.69) is 24.4 Å². The molecule has 90 valence electrons. The molecule has 0 amide bonds. The Morgan fingerprint density at radius 2 is 2.00 bits per heavy atom. The summed E-state index contributed by atoms with van der Waals surface area (Å²) in [5.41, 5.74) is 1.30. The fourth-order valence-corrected chi connectivity index (χ4v) is 1.81. The van der Waals surface area contributed by atoms with Gasteiger partial charge in [0.2, 0.25) is 0 Å². The van der Waals surface area contributed by atoms with Crippen LogP contribution in [0.4, 0.5) is 0 Å². The van der Waals surface area contributed by atoms with Gasteiger partial charge in [-0.1, -0.05) is 30.7 Å². The number of ether oxygens (including phenoxy) is 1. The van der Waals surface area contributed by atoms with Gasteiger partial charge in [-0.15, -0.1) is 0 Å². The summed E-state index contributed by atoms with van der Waals surface area (Å²) in [5, 5.41) is 4.31. The molecule has 0 aromatic heterocycles. The van der Waals surface area contributed by atoms with Crippen LogP contribution in [0.25, 0.3) is 0 Å². The van der Waals surface area contributed by atoms with E-state index >= 15 is 0 Å². The lowest BCUT2D eigenvalue weighted by Gasteiger charge is -2.17. The number of rotatable bonds is 7. The van der Waals surface area contributed by atoms with E-state index in [1.54, 1.807) is 7.11 Å². The van der Waals surface area contributed by atoms with Crippen molar-refractivity contribution < 1.29 is 4.74 Å². The third-order valence-electron chi connectivity index (χ3n) is 2.60. The molecule has 0 bridgehead atoms. The maximum atomic E-state index is 5.87. The van der Waals surface area contributed by atoms with Crippen LogP contribution in [0, 0.1) is 0 Å². The molecule has 16 heavy (non-hydrogen) atoms. The second kappa shape index (κ2) is 7.66. The predicted octanol–water partition coefficient (Wildman–Crippen LogP) is 3.42. The zero-order chi connectivity index (χ0) is 11.8. The Kier molecular flexibility index (Phi) is 6.46. The maximum absolute atomic E-state index is 5.87. The summed E-state index contributed by atoms with van der Waals surface area (Å²) in [6.07, 6.45) is 2.12. The summed E-state index contributed by atoms with van der Waals surface area (Å²) in [4.78, 5) is 0. The molecule has 0 saturated heterocycles. The Bertz CT molecular complexity index is 286. The zero-order valence-corrected chi connectivity index (χ0v) is 10.8. The fourth-order valence-electron chi connectivity index (χ4n) is 1.69. The number of nitrogens with one attached hydrogen (secondary N) is 1. The number of halogens is 1. The highest BCUT2D eigenvalue weighted by Crippen LogP contribution is 2.18. The van der Waals surface area contributed by atoms with Crippen molar-refractivity contribution in [2.45, 2.75) is 25.8 Å². The number of hydrogen-bond donors (Lipinski definition) is 1. The molecule has 0 aliphatic carbocycles. The quantitative estimate of drug-likeness (QED) is 0.739. The Balaban J connectivity index is 2.44. The van der Waals surface area contributed by atoms with Crippen molar-refractivity contribution in [3.05, 3.63) is 34.9 Å². The highest BCUT2D eigenvalue weighted by molar-refractivity contribution is 6.30. The van der Waals surface area contributed by atoms with Crippen LogP contribution in [-0.4, -0.2) is 20.3 Å². The van der Waals surface area contributed by atoms with Crippen LogP contribution in [-0.2, 0) is 4.74 Å². The van der Waals surface area contributed by atoms with Gasteiger partial charge in [0, 0.05) is 24.8 Å². The zero-order valence-electron chi connectivity index (χ0n) is 10.0. The van der Waals surface area contributed by atoms with Gasteiger partial charge in [-0.3, -0.25) is 0 Å². The van der Waals surface area contributed by atoms with Gasteiger partial charge in [-0.05, 0) is 37.1 Å². The van der Waals surface area contributed by atoms with Gasteiger partial charge >= 0.3 is 0 Å². The van der Waals surface area contributed by atoms with Crippen molar-refractivity contribution in [2.75, 3.05) is 20.3 Å². The molecule has 3 heteroatoms. The van der Waals surface area contributed by atoms with Crippen LogP contribution in [0.5, 0.6) is 0 Å². The van der Waals surface area contributed by atoms with E-state index in [9.17, 15) is 0 Å². The Labute approximate surface area is 103 Å². The standard InChI is InChI=1S/C13H20ClNO/c1-3-13(15-9-4-10-16-2)11-5-7-12(14)8-6-11/h5-8,13,15H,3-4,9-10H2,1-2H3. The van der Waals surface area contributed by atoms with Crippen molar-refractivity contribution in [3.63, 3.8) is 0 Å². The molecule has 1 aromatic carbocycles. The summed E-state index contributed by atoms with van der Waals surface area (Å²) in [7, 11) is 1.73. The van der Waals surface area contributed by atoms with Crippen molar-refractivity contribution >= 4 is 11.6 Å². The molecule has 0 saturated carbocycles. The van der Waals surface area contributed by atoms with E-state index in [-0.39, 0.29) is 0 Å². The van der Waals surface area contributed by atoms with E-state index < -0.39 is 0 Å². The Hall–Kier alpha value is -0.570. The van der Waals surface area contributed by atoms with Gasteiger partial charge in [0.1, 0.15) is 0 Å². The lowest BCUT2D eigenvalue weighted by atomic mass is 10.0. The lowest BCUT2D eigenvalue weighted by Crippen LogP contribution is -2.22. The van der Waals surface area contributed by atoms with Crippen LogP contribution >= 0.6 is 11.6 Å². The summed E-state index contributed by atoms with van der Waals surface area (Å²) >= 11 is 5.87. The minimum Gasteiger partial charge on any atom is -0.385 e. The summed E-state index contributed by atoms with van der Waals surface area (Å²) in [5.74, 6) is 0. The summed E-state index contributed by atoms with van der Waals surface area (Å²) in [6, 6.07) is 8.46. The third kappa shape index (κ3) is 4.52. The molecule has 1 N–H and O–H groups in total. The first-order chi connectivity index (χ1) is 7.77. The molecule has 1 atom stereocenters. The molecule has 0 fully saturated rings. The average Bonchev–Trinajstić information content (AvgIpc) is 2.31. The monoisotopic (exact) mass is 241 g/mol. The SMILES string of the molecule is CCC(NCCCOC)c1ccc(Cl)cc1. The predicted molar refractivity (Wildman–Crippen MR) is 69.0 cm³/mol.